The third kappa shape index (κ3) is 7.25. The zero-order chi connectivity index (χ0) is 34.4. The number of amides is 3. The highest BCUT2D eigenvalue weighted by atomic mass is 16.6. The Balaban J connectivity index is 1.69. The van der Waals surface area contributed by atoms with Gasteiger partial charge in [-0.3, -0.25) is 24.5 Å². The third-order valence-electron chi connectivity index (χ3n) is 7.07. The number of para-hydroxylation sites is 2. The van der Waals surface area contributed by atoms with E-state index < -0.39 is 22.6 Å². The summed E-state index contributed by atoms with van der Waals surface area (Å²) in [7, 11) is 5.44. The first-order chi connectivity index (χ1) is 22.4. The molecule has 0 heterocycles. The van der Waals surface area contributed by atoms with Crippen molar-refractivity contribution in [1.82, 2.24) is 0 Å². The van der Waals surface area contributed by atoms with Gasteiger partial charge in [-0.2, -0.15) is 0 Å². The summed E-state index contributed by atoms with van der Waals surface area (Å²) >= 11 is 0. The number of aryl methyl sites for hydroxylation is 3. The minimum absolute atomic E-state index is 0.0309. The summed E-state index contributed by atoms with van der Waals surface area (Å²) in [6.07, 6.45) is 0. The highest BCUT2D eigenvalue weighted by Crippen LogP contribution is 2.37. The van der Waals surface area contributed by atoms with Crippen molar-refractivity contribution in [3.05, 3.63) is 104 Å². The van der Waals surface area contributed by atoms with Gasteiger partial charge in [0, 0.05) is 6.07 Å². The maximum atomic E-state index is 13.8. The Morgan fingerprint density at radius 3 is 1.40 bits per heavy atom. The van der Waals surface area contributed by atoms with Crippen LogP contribution >= 0.6 is 0 Å². The second kappa shape index (κ2) is 14.3. The summed E-state index contributed by atoms with van der Waals surface area (Å²) in [6, 6.07) is 16.1. The molecular weight excluding hydrogens is 608 g/mol. The van der Waals surface area contributed by atoms with Crippen LogP contribution in [0.15, 0.2) is 60.7 Å². The van der Waals surface area contributed by atoms with Crippen LogP contribution in [0.3, 0.4) is 0 Å². The number of hydrogen-bond acceptors (Lipinski definition) is 9. The molecule has 0 bridgehead atoms. The lowest BCUT2D eigenvalue weighted by molar-refractivity contribution is -0.385. The molecule has 4 aromatic carbocycles. The fourth-order valence-corrected chi connectivity index (χ4v) is 5.10. The summed E-state index contributed by atoms with van der Waals surface area (Å²) in [5.74, 6) is -1.42. The Morgan fingerprint density at radius 2 is 0.979 bits per heavy atom. The van der Waals surface area contributed by atoms with E-state index in [2.05, 4.69) is 16.0 Å². The fourth-order valence-electron chi connectivity index (χ4n) is 5.10. The fraction of sp³-hybridized carbons (Fsp3) is 0.206. The van der Waals surface area contributed by atoms with Gasteiger partial charge in [0.05, 0.1) is 67.1 Å². The van der Waals surface area contributed by atoms with E-state index in [1.807, 2.05) is 0 Å². The third-order valence-corrected chi connectivity index (χ3v) is 7.07. The number of benzene rings is 4. The van der Waals surface area contributed by atoms with Crippen molar-refractivity contribution in [1.29, 1.82) is 0 Å². The highest BCUT2D eigenvalue weighted by Gasteiger charge is 2.27. The number of nitrogens with one attached hydrogen (secondary N) is 3. The summed E-state index contributed by atoms with van der Waals surface area (Å²) < 4.78 is 21.7. The van der Waals surface area contributed by atoms with Crippen molar-refractivity contribution in [2.75, 3.05) is 44.4 Å². The molecule has 4 rings (SSSR count). The number of ether oxygens (including phenoxy) is 4. The number of carbonyl (C=O) groups is 3. The molecule has 13 nitrogen and oxygen atoms in total. The number of carbonyl (C=O) groups excluding carboxylic acids is 3. The van der Waals surface area contributed by atoms with E-state index in [1.165, 1.54) is 40.6 Å². The molecule has 0 radical (unpaired) electrons. The molecule has 0 saturated carbocycles. The maximum Gasteiger partial charge on any atom is 0.312 e. The summed E-state index contributed by atoms with van der Waals surface area (Å²) in [5.41, 5.74) is 2.34. The van der Waals surface area contributed by atoms with Gasteiger partial charge < -0.3 is 34.9 Å². The Hall–Kier alpha value is -6.11. The van der Waals surface area contributed by atoms with E-state index in [4.69, 9.17) is 18.9 Å². The molecular formula is C34H34N4O9. The van der Waals surface area contributed by atoms with Gasteiger partial charge in [0.15, 0.2) is 11.5 Å². The number of nitro groups is 1. The largest absolute Gasteiger partial charge is 0.495 e. The Kier molecular flexibility index (Phi) is 10.3. The van der Waals surface area contributed by atoms with Crippen LogP contribution in [0.4, 0.5) is 22.7 Å². The minimum atomic E-state index is -0.713. The van der Waals surface area contributed by atoms with Crippen molar-refractivity contribution < 1.29 is 38.3 Å². The maximum absolute atomic E-state index is 13.8. The summed E-state index contributed by atoms with van der Waals surface area (Å²) in [6.45, 7) is 5.10. The van der Waals surface area contributed by atoms with Crippen molar-refractivity contribution in [3.8, 4) is 23.0 Å². The molecule has 0 aliphatic heterocycles. The van der Waals surface area contributed by atoms with Crippen LogP contribution in [0.1, 0.15) is 47.8 Å². The molecule has 0 aliphatic carbocycles. The highest BCUT2D eigenvalue weighted by molar-refractivity contribution is 6.13. The monoisotopic (exact) mass is 642 g/mol. The topological polar surface area (TPSA) is 167 Å². The summed E-state index contributed by atoms with van der Waals surface area (Å²) in [5, 5.41) is 19.9. The van der Waals surface area contributed by atoms with Crippen molar-refractivity contribution >= 4 is 40.5 Å². The number of rotatable bonds is 11. The Labute approximate surface area is 270 Å². The molecule has 0 saturated heterocycles. The van der Waals surface area contributed by atoms with Gasteiger partial charge in [-0.25, -0.2) is 0 Å². The zero-order valence-electron chi connectivity index (χ0n) is 26.9. The molecule has 0 aliphatic rings. The Bertz CT molecular complexity index is 1890. The SMILES string of the molecule is COc1ccccc1NC(=O)c1cc(C)cc(NC(=O)c2cc(C)cc(NC(=O)c3cc(C)cc([N+](=O)[O-])c3OC)c2OC)c1OC. The van der Waals surface area contributed by atoms with Crippen molar-refractivity contribution in [3.63, 3.8) is 0 Å². The smallest absolute Gasteiger partial charge is 0.312 e. The Morgan fingerprint density at radius 1 is 0.574 bits per heavy atom. The van der Waals surface area contributed by atoms with Crippen molar-refractivity contribution in [2.45, 2.75) is 20.8 Å². The molecule has 244 valence electrons. The van der Waals surface area contributed by atoms with Crippen LogP contribution in [-0.4, -0.2) is 51.1 Å². The van der Waals surface area contributed by atoms with Gasteiger partial charge in [-0.05, 0) is 79.9 Å². The molecule has 0 aromatic heterocycles. The quantitative estimate of drug-likeness (QED) is 0.125. The lowest BCUT2D eigenvalue weighted by Gasteiger charge is -2.19. The van der Waals surface area contributed by atoms with Gasteiger partial charge in [0.1, 0.15) is 5.75 Å². The molecule has 3 N–H and O–H groups in total. The standard InChI is InChI=1S/C34H34N4O9/c1-18-12-21(32(39)35-24-10-8-9-11-28(24)44-4)29(45-5)25(15-18)36-33(40)22-13-19(2)16-26(30(22)46-6)37-34(41)23-14-20(3)17-27(38(42)43)31(23)47-7/h8-17H,1-7H3,(H,35,39)(H,36,40)(H,37,41). The van der Waals surface area contributed by atoms with Gasteiger partial charge >= 0.3 is 5.69 Å². The van der Waals surface area contributed by atoms with E-state index in [0.717, 1.165) is 0 Å². The van der Waals surface area contributed by atoms with E-state index in [0.29, 0.717) is 28.1 Å². The number of anilines is 3. The molecule has 4 aromatic rings. The van der Waals surface area contributed by atoms with Gasteiger partial charge in [-0.1, -0.05) is 12.1 Å². The first-order valence-corrected chi connectivity index (χ1v) is 14.2. The predicted molar refractivity (Wildman–Crippen MR) is 177 cm³/mol. The molecule has 0 fully saturated rings. The average Bonchev–Trinajstić information content (AvgIpc) is 3.03. The minimum Gasteiger partial charge on any atom is -0.495 e. The van der Waals surface area contributed by atoms with Crippen LogP contribution in [0.25, 0.3) is 0 Å². The number of nitrogens with zero attached hydrogens (tertiary/aromatic N) is 1. The molecule has 0 atom stereocenters. The molecule has 3 amide bonds. The van der Waals surface area contributed by atoms with Crippen LogP contribution < -0.4 is 34.9 Å². The van der Waals surface area contributed by atoms with E-state index in [9.17, 15) is 24.5 Å². The molecule has 0 unspecified atom stereocenters. The van der Waals surface area contributed by atoms with Crippen LogP contribution in [0.5, 0.6) is 23.0 Å². The second-order valence-electron chi connectivity index (χ2n) is 10.5. The zero-order valence-corrected chi connectivity index (χ0v) is 26.9. The van der Waals surface area contributed by atoms with Gasteiger partial charge in [0.25, 0.3) is 17.7 Å². The predicted octanol–water partition coefficient (Wildman–Crippen LogP) is 6.31. The normalized spacial score (nSPS) is 10.4. The van der Waals surface area contributed by atoms with Crippen molar-refractivity contribution in [2.24, 2.45) is 0 Å². The van der Waals surface area contributed by atoms with E-state index in [1.54, 1.807) is 69.3 Å². The van der Waals surface area contributed by atoms with Gasteiger partial charge in [-0.15, -0.1) is 0 Å². The average molecular weight is 643 g/mol. The van der Waals surface area contributed by atoms with E-state index >= 15 is 0 Å². The lowest BCUT2D eigenvalue weighted by atomic mass is 10.0. The number of nitro benzene ring substituents is 1. The van der Waals surface area contributed by atoms with E-state index in [-0.39, 0.29) is 51.0 Å². The number of hydrogen-bond donors (Lipinski definition) is 3. The van der Waals surface area contributed by atoms with Gasteiger partial charge in [0.2, 0.25) is 5.75 Å². The van der Waals surface area contributed by atoms with Crippen LogP contribution in [0, 0.1) is 30.9 Å². The second-order valence-corrected chi connectivity index (χ2v) is 10.5. The van der Waals surface area contributed by atoms with Crippen LogP contribution in [0.2, 0.25) is 0 Å². The molecule has 47 heavy (non-hydrogen) atoms. The molecule has 13 heteroatoms. The molecule has 0 spiro atoms. The first-order valence-electron chi connectivity index (χ1n) is 14.2. The summed E-state index contributed by atoms with van der Waals surface area (Å²) in [4.78, 5) is 51.6. The number of methoxy groups -OCH3 is 4. The van der Waals surface area contributed by atoms with Crippen LogP contribution in [-0.2, 0) is 0 Å². The first kappa shape index (κ1) is 33.8. The lowest BCUT2D eigenvalue weighted by Crippen LogP contribution is -2.19.